The molecule has 4 aromatic rings. The van der Waals surface area contributed by atoms with Crippen LogP contribution in [-0.2, 0) is 15.1 Å². The summed E-state index contributed by atoms with van der Waals surface area (Å²) in [5, 5.41) is 7.25. The molecule has 0 radical (unpaired) electrons. The summed E-state index contributed by atoms with van der Waals surface area (Å²) in [6, 6.07) is 17.8. The lowest BCUT2D eigenvalue weighted by Gasteiger charge is -2.22. The molecule has 1 atom stereocenters. The van der Waals surface area contributed by atoms with Gasteiger partial charge in [0.2, 0.25) is 5.91 Å². The van der Waals surface area contributed by atoms with E-state index >= 15 is 0 Å². The molecule has 8 nitrogen and oxygen atoms in total. The fourth-order valence-corrected chi connectivity index (χ4v) is 4.27. The van der Waals surface area contributed by atoms with Gasteiger partial charge in [0.1, 0.15) is 29.0 Å². The smallest absolute Gasteiger partial charge is 0.325 e. The fourth-order valence-electron chi connectivity index (χ4n) is 4.27. The number of nitrogens with zero attached hydrogens (tertiary/aromatic N) is 1. The molecule has 5 rings (SSSR count). The van der Waals surface area contributed by atoms with Gasteiger partial charge in [0.05, 0.1) is 12.8 Å². The van der Waals surface area contributed by atoms with Gasteiger partial charge < -0.3 is 19.8 Å². The Morgan fingerprint density at radius 2 is 1.79 bits per heavy atom. The van der Waals surface area contributed by atoms with Crippen molar-refractivity contribution in [3.05, 3.63) is 71.8 Å². The third kappa shape index (κ3) is 3.44. The van der Waals surface area contributed by atoms with Crippen molar-refractivity contribution in [1.29, 1.82) is 0 Å². The maximum Gasteiger partial charge on any atom is 0.325 e. The van der Waals surface area contributed by atoms with E-state index in [0.717, 1.165) is 26.8 Å². The van der Waals surface area contributed by atoms with Gasteiger partial charge >= 0.3 is 6.03 Å². The van der Waals surface area contributed by atoms with Gasteiger partial charge in [-0.3, -0.25) is 14.5 Å². The zero-order valence-electron chi connectivity index (χ0n) is 19.0. The number of amides is 4. The van der Waals surface area contributed by atoms with E-state index in [2.05, 4.69) is 10.6 Å². The average Bonchev–Trinajstić information content (AvgIpc) is 3.28. The minimum absolute atomic E-state index is 0.382. The lowest BCUT2D eigenvalue weighted by molar-refractivity contribution is -0.133. The number of anilines is 1. The van der Waals surface area contributed by atoms with Crippen LogP contribution in [0.5, 0.6) is 5.75 Å². The number of hydrogen-bond acceptors (Lipinski definition) is 5. The molecule has 0 aliphatic carbocycles. The van der Waals surface area contributed by atoms with Gasteiger partial charge in [-0.05, 0) is 31.5 Å². The average molecular weight is 457 g/mol. The van der Waals surface area contributed by atoms with E-state index in [-0.39, 0.29) is 0 Å². The number of fused-ring (bicyclic) bond motifs is 3. The molecule has 0 spiro atoms. The van der Waals surface area contributed by atoms with Crippen molar-refractivity contribution in [2.75, 3.05) is 19.0 Å². The highest BCUT2D eigenvalue weighted by Gasteiger charge is 2.49. The standard InChI is InChI=1S/C26H23N3O5/c1-15-8-10-16(11-9-15)26(2)24(31)29(25(32)28-26)14-23(30)27-19-13-21-18(12-22(19)33-3)17-6-4-5-7-20(17)34-21/h4-13H,14H2,1-3H3,(H,27,30)(H,28,32)/t26-/m1/s1. The largest absolute Gasteiger partial charge is 0.495 e. The van der Waals surface area contributed by atoms with Crippen LogP contribution in [0, 0.1) is 6.92 Å². The summed E-state index contributed by atoms with van der Waals surface area (Å²) < 4.78 is 11.4. The Balaban J connectivity index is 1.38. The van der Waals surface area contributed by atoms with Gasteiger partial charge in [-0.25, -0.2) is 4.79 Å². The second-order valence-electron chi connectivity index (χ2n) is 8.51. The molecule has 2 heterocycles. The van der Waals surface area contributed by atoms with Gasteiger partial charge in [0.25, 0.3) is 5.91 Å². The number of hydrogen-bond donors (Lipinski definition) is 2. The molecule has 4 amide bonds. The maximum absolute atomic E-state index is 13.1. The number of rotatable bonds is 5. The van der Waals surface area contributed by atoms with Gasteiger partial charge in [-0.2, -0.15) is 0 Å². The topological polar surface area (TPSA) is 101 Å². The monoisotopic (exact) mass is 457 g/mol. The Labute approximate surface area is 195 Å². The molecule has 1 aliphatic heterocycles. The van der Waals surface area contributed by atoms with Crippen molar-refractivity contribution in [3.8, 4) is 5.75 Å². The number of aryl methyl sites for hydroxylation is 1. The predicted octanol–water partition coefficient (Wildman–Crippen LogP) is 4.31. The Morgan fingerprint density at radius 1 is 1.06 bits per heavy atom. The van der Waals surface area contributed by atoms with E-state index in [4.69, 9.17) is 9.15 Å². The lowest BCUT2D eigenvalue weighted by atomic mass is 9.91. The SMILES string of the molecule is COc1cc2c(cc1NC(=O)CN1C(=O)N[C@](C)(c3ccc(C)cc3)C1=O)oc1ccccc12. The van der Waals surface area contributed by atoms with Crippen LogP contribution in [0.3, 0.4) is 0 Å². The molecule has 8 heteroatoms. The summed E-state index contributed by atoms with van der Waals surface area (Å²) in [7, 11) is 1.50. The molecule has 3 aromatic carbocycles. The third-order valence-electron chi connectivity index (χ3n) is 6.18. The quantitative estimate of drug-likeness (QED) is 0.435. The minimum atomic E-state index is -1.24. The molecule has 34 heavy (non-hydrogen) atoms. The first-order chi connectivity index (χ1) is 16.3. The molecule has 1 aliphatic rings. The van der Waals surface area contributed by atoms with E-state index in [1.165, 1.54) is 7.11 Å². The van der Waals surface area contributed by atoms with E-state index in [1.807, 2.05) is 43.3 Å². The molecular formula is C26H23N3O5. The van der Waals surface area contributed by atoms with Gasteiger partial charge in [0.15, 0.2) is 0 Å². The number of ether oxygens (including phenoxy) is 1. The van der Waals surface area contributed by atoms with Crippen LogP contribution in [0.2, 0.25) is 0 Å². The Morgan fingerprint density at radius 3 is 2.53 bits per heavy atom. The first kappa shape index (κ1) is 21.5. The number of benzene rings is 3. The number of methoxy groups -OCH3 is 1. The summed E-state index contributed by atoms with van der Waals surface area (Å²) in [5.41, 5.74) is 2.13. The van der Waals surface area contributed by atoms with E-state index < -0.39 is 29.9 Å². The molecule has 2 N–H and O–H groups in total. The van der Waals surface area contributed by atoms with Crippen LogP contribution in [-0.4, -0.2) is 36.4 Å². The number of para-hydroxylation sites is 1. The Bertz CT molecular complexity index is 1460. The zero-order valence-corrected chi connectivity index (χ0v) is 19.0. The van der Waals surface area contributed by atoms with Crippen molar-refractivity contribution in [1.82, 2.24) is 10.2 Å². The highest BCUT2D eigenvalue weighted by molar-refractivity contribution is 6.11. The summed E-state index contributed by atoms with van der Waals surface area (Å²) in [5.74, 6) is -0.587. The molecular weight excluding hydrogens is 434 g/mol. The van der Waals surface area contributed by atoms with Crippen molar-refractivity contribution >= 4 is 45.5 Å². The fraction of sp³-hybridized carbons (Fsp3) is 0.192. The normalized spacial score (nSPS) is 17.9. The van der Waals surface area contributed by atoms with Crippen molar-refractivity contribution in [3.63, 3.8) is 0 Å². The molecule has 172 valence electrons. The predicted molar refractivity (Wildman–Crippen MR) is 128 cm³/mol. The van der Waals surface area contributed by atoms with E-state index in [0.29, 0.717) is 22.6 Å². The van der Waals surface area contributed by atoms with Crippen LogP contribution in [0.25, 0.3) is 21.9 Å². The van der Waals surface area contributed by atoms with Crippen molar-refractivity contribution in [2.24, 2.45) is 0 Å². The van der Waals surface area contributed by atoms with Gasteiger partial charge in [-0.1, -0.05) is 48.0 Å². The summed E-state index contributed by atoms with van der Waals surface area (Å²) in [4.78, 5) is 39.5. The van der Waals surface area contributed by atoms with Crippen molar-refractivity contribution in [2.45, 2.75) is 19.4 Å². The lowest BCUT2D eigenvalue weighted by Crippen LogP contribution is -2.42. The maximum atomic E-state index is 13.1. The molecule has 1 fully saturated rings. The van der Waals surface area contributed by atoms with Crippen LogP contribution in [0.1, 0.15) is 18.1 Å². The molecule has 1 saturated heterocycles. The number of carbonyl (C=O) groups is 3. The van der Waals surface area contributed by atoms with Crippen LogP contribution < -0.4 is 15.4 Å². The van der Waals surface area contributed by atoms with E-state index in [9.17, 15) is 14.4 Å². The van der Waals surface area contributed by atoms with Gasteiger partial charge in [0, 0.05) is 16.8 Å². The van der Waals surface area contributed by atoms with Gasteiger partial charge in [-0.15, -0.1) is 0 Å². The summed E-state index contributed by atoms with van der Waals surface area (Å²) in [6.07, 6.45) is 0. The molecule has 0 unspecified atom stereocenters. The zero-order chi connectivity index (χ0) is 24.0. The number of urea groups is 1. The Kier molecular flexibility index (Phi) is 5.01. The van der Waals surface area contributed by atoms with Crippen molar-refractivity contribution < 1.29 is 23.5 Å². The number of furan rings is 1. The Hall–Kier alpha value is -4.33. The molecule has 1 aromatic heterocycles. The van der Waals surface area contributed by atoms with Crippen LogP contribution in [0.15, 0.2) is 65.1 Å². The second-order valence-corrected chi connectivity index (χ2v) is 8.51. The molecule has 0 bridgehead atoms. The number of nitrogens with one attached hydrogen (secondary N) is 2. The summed E-state index contributed by atoms with van der Waals surface area (Å²) in [6.45, 7) is 3.14. The highest BCUT2D eigenvalue weighted by atomic mass is 16.5. The second kappa shape index (κ2) is 7.91. The first-order valence-corrected chi connectivity index (χ1v) is 10.8. The summed E-state index contributed by atoms with van der Waals surface area (Å²) >= 11 is 0. The minimum Gasteiger partial charge on any atom is -0.495 e. The first-order valence-electron chi connectivity index (χ1n) is 10.8. The number of carbonyl (C=O) groups excluding carboxylic acids is 3. The third-order valence-corrected chi connectivity index (χ3v) is 6.18. The van der Waals surface area contributed by atoms with Crippen LogP contribution in [0.4, 0.5) is 10.5 Å². The van der Waals surface area contributed by atoms with Crippen LogP contribution >= 0.6 is 0 Å². The number of imide groups is 1. The van der Waals surface area contributed by atoms with E-state index in [1.54, 1.807) is 31.2 Å². The molecule has 0 saturated carbocycles. The highest BCUT2D eigenvalue weighted by Crippen LogP contribution is 2.36.